The van der Waals surface area contributed by atoms with Crippen molar-refractivity contribution in [2.24, 2.45) is 0 Å². The Morgan fingerprint density at radius 3 is 2.45 bits per heavy atom. The third-order valence-electron chi connectivity index (χ3n) is 2.67. The molecule has 2 unspecified atom stereocenters. The fourth-order valence-electron chi connectivity index (χ4n) is 2.02. The Hall–Kier alpha value is -0.120. The van der Waals surface area contributed by atoms with E-state index in [2.05, 4.69) is 24.1 Å². The summed E-state index contributed by atoms with van der Waals surface area (Å²) in [5.74, 6) is 0. The molecule has 3 aliphatic heterocycles. The summed E-state index contributed by atoms with van der Waals surface area (Å²) in [6, 6.07) is 0.648. The van der Waals surface area contributed by atoms with Gasteiger partial charge in [-0.1, -0.05) is 0 Å². The largest absolute Gasteiger partial charge is 0.375 e. The van der Waals surface area contributed by atoms with Gasteiger partial charge in [0.15, 0.2) is 0 Å². The molecule has 0 amide bonds. The van der Waals surface area contributed by atoms with Gasteiger partial charge in [-0.3, -0.25) is 0 Å². The highest BCUT2D eigenvalue weighted by Gasteiger charge is 2.35. The number of morpholine rings is 1. The molecule has 11 heavy (non-hydrogen) atoms. The molecule has 0 aromatic rings. The number of hydrazine groups is 1. The van der Waals surface area contributed by atoms with Crippen LogP contribution in [0.2, 0.25) is 0 Å². The molecule has 3 saturated heterocycles. The van der Waals surface area contributed by atoms with Crippen LogP contribution >= 0.6 is 0 Å². The second-order valence-electron chi connectivity index (χ2n) is 3.66. The molecular formula is C8H16N2O. The zero-order valence-electron chi connectivity index (χ0n) is 7.29. The van der Waals surface area contributed by atoms with Crippen molar-refractivity contribution in [2.45, 2.75) is 25.0 Å². The number of hydrogen-bond donors (Lipinski definition) is 0. The van der Waals surface area contributed by atoms with E-state index in [4.69, 9.17) is 4.74 Å². The maximum atomic E-state index is 5.59. The number of piperidine rings is 1. The first-order valence-corrected chi connectivity index (χ1v) is 4.33. The van der Waals surface area contributed by atoms with Crippen LogP contribution in [0.15, 0.2) is 0 Å². The molecule has 3 fully saturated rings. The summed E-state index contributed by atoms with van der Waals surface area (Å²) in [6.07, 6.45) is 3.07. The summed E-state index contributed by atoms with van der Waals surface area (Å²) in [4.78, 5) is 0. The lowest BCUT2D eigenvalue weighted by Crippen LogP contribution is -2.58. The molecule has 2 atom stereocenters. The van der Waals surface area contributed by atoms with Crippen LogP contribution in [-0.2, 0) is 4.74 Å². The van der Waals surface area contributed by atoms with E-state index in [0.29, 0.717) is 12.1 Å². The van der Waals surface area contributed by atoms with Crippen LogP contribution in [0, 0.1) is 0 Å². The van der Waals surface area contributed by atoms with Crippen molar-refractivity contribution in [1.82, 2.24) is 10.0 Å². The van der Waals surface area contributed by atoms with E-state index in [1.807, 2.05) is 0 Å². The molecule has 3 nitrogen and oxygen atoms in total. The SMILES string of the molecule is CN(C)N1CC2CCC1CO2. The van der Waals surface area contributed by atoms with E-state index in [1.54, 1.807) is 0 Å². The lowest BCUT2D eigenvalue weighted by atomic mass is 9.99. The molecule has 64 valence electrons. The normalized spacial score (nSPS) is 38.5. The van der Waals surface area contributed by atoms with E-state index < -0.39 is 0 Å². The standard InChI is InChI=1S/C8H16N2O/c1-9(2)10-5-8-4-3-7(10)6-11-8/h7-8H,3-6H2,1-2H3. The molecule has 0 spiro atoms. The average molecular weight is 156 g/mol. The van der Waals surface area contributed by atoms with Crippen LogP contribution in [0.3, 0.4) is 0 Å². The first kappa shape index (κ1) is 7.53. The molecule has 0 aliphatic carbocycles. The molecule has 3 aliphatic rings. The third kappa shape index (κ3) is 1.28. The summed E-state index contributed by atoms with van der Waals surface area (Å²) >= 11 is 0. The van der Waals surface area contributed by atoms with Crippen molar-refractivity contribution in [2.75, 3.05) is 27.2 Å². The van der Waals surface area contributed by atoms with Crippen LogP contribution in [0.4, 0.5) is 0 Å². The predicted molar refractivity (Wildman–Crippen MR) is 43.2 cm³/mol. The van der Waals surface area contributed by atoms with Gasteiger partial charge in [0.1, 0.15) is 0 Å². The fraction of sp³-hybridized carbons (Fsp3) is 1.00. The highest BCUT2D eigenvalue weighted by molar-refractivity contribution is 4.84. The van der Waals surface area contributed by atoms with Gasteiger partial charge in [0.25, 0.3) is 0 Å². The van der Waals surface area contributed by atoms with Crippen LogP contribution in [0.5, 0.6) is 0 Å². The Balaban J connectivity index is 2.03. The maximum absolute atomic E-state index is 5.59. The Bertz CT molecular complexity index is 141. The van der Waals surface area contributed by atoms with Crippen molar-refractivity contribution in [1.29, 1.82) is 0 Å². The van der Waals surface area contributed by atoms with Gasteiger partial charge in [-0.15, -0.1) is 0 Å². The summed E-state index contributed by atoms with van der Waals surface area (Å²) in [5, 5.41) is 4.61. The smallest absolute Gasteiger partial charge is 0.0717 e. The minimum atomic E-state index is 0.502. The van der Waals surface area contributed by atoms with E-state index in [1.165, 1.54) is 12.8 Å². The summed E-state index contributed by atoms with van der Waals surface area (Å²) in [6.45, 7) is 2.03. The number of hydrogen-bond acceptors (Lipinski definition) is 3. The Labute approximate surface area is 67.9 Å². The van der Waals surface area contributed by atoms with Crippen LogP contribution in [-0.4, -0.2) is 49.4 Å². The highest BCUT2D eigenvalue weighted by Crippen LogP contribution is 2.26. The van der Waals surface area contributed by atoms with Gasteiger partial charge in [0.2, 0.25) is 0 Å². The first-order valence-electron chi connectivity index (χ1n) is 4.33. The number of fused-ring (bicyclic) bond motifs is 3. The topological polar surface area (TPSA) is 15.7 Å². The Morgan fingerprint density at radius 1 is 1.36 bits per heavy atom. The zero-order chi connectivity index (χ0) is 7.84. The van der Waals surface area contributed by atoms with Gasteiger partial charge in [0.05, 0.1) is 12.7 Å². The number of nitrogens with zero attached hydrogens (tertiary/aromatic N) is 2. The minimum Gasteiger partial charge on any atom is -0.375 e. The fourth-order valence-corrected chi connectivity index (χ4v) is 2.02. The molecule has 0 aromatic carbocycles. The summed E-state index contributed by atoms with van der Waals surface area (Å²) in [7, 11) is 4.22. The van der Waals surface area contributed by atoms with E-state index in [9.17, 15) is 0 Å². The highest BCUT2D eigenvalue weighted by atomic mass is 16.5. The van der Waals surface area contributed by atoms with Crippen LogP contribution < -0.4 is 0 Å². The molecular weight excluding hydrogens is 140 g/mol. The van der Waals surface area contributed by atoms with E-state index >= 15 is 0 Å². The lowest BCUT2D eigenvalue weighted by Gasteiger charge is -2.47. The van der Waals surface area contributed by atoms with Crippen molar-refractivity contribution >= 4 is 0 Å². The van der Waals surface area contributed by atoms with E-state index in [0.717, 1.165) is 13.2 Å². The average Bonchev–Trinajstić information content (AvgIpc) is 2.06. The molecule has 0 aromatic heterocycles. The lowest BCUT2D eigenvalue weighted by molar-refractivity contribution is -0.171. The van der Waals surface area contributed by atoms with Gasteiger partial charge in [-0.25, -0.2) is 10.0 Å². The van der Waals surface area contributed by atoms with Crippen molar-refractivity contribution in [3.8, 4) is 0 Å². The third-order valence-corrected chi connectivity index (χ3v) is 2.67. The minimum absolute atomic E-state index is 0.502. The second kappa shape index (κ2) is 2.73. The molecule has 0 N–H and O–H groups in total. The Kier molecular flexibility index (Phi) is 1.87. The van der Waals surface area contributed by atoms with Gasteiger partial charge < -0.3 is 4.74 Å². The summed E-state index contributed by atoms with van der Waals surface area (Å²) in [5.41, 5.74) is 0. The monoisotopic (exact) mass is 156 g/mol. The number of ether oxygens (including phenoxy) is 1. The predicted octanol–water partition coefficient (Wildman–Crippen LogP) is 0.326. The molecule has 0 saturated carbocycles. The summed E-state index contributed by atoms with van der Waals surface area (Å²) < 4.78 is 5.59. The van der Waals surface area contributed by atoms with Crippen LogP contribution in [0.1, 0.15) is 12.8 Å². The maximum Gasteiger partial charge on any atom is 0.0717 e. The van der Waals surface area contributed by atoms with E-state index in [-0.39, 0.29) is 0 Å². The molecule has 3 heteroatoms. The van der Waals surface area contributed by atoms with Crippen molar-refractivity contribution in [3.05, 3.63) is 0 Å². The number of rotatable bonds is 1. The van der Waals surface area contributed by atoms with Gasteiger partial charge in [-0.2, -0.15) is 0 Å². The molecule has 2 bridgehead atoms. The van der Waals surface area contributed by atoms with Crippen molar-refractivity contribution < 1.29 is 4.74 Å². The van der Waals surface area contributed by atoms with Crippen molar-refractivity contribution in [3.63, 3.8) is 0 Å². The first-order chi connectivity index (χ1) is 5.27. The molecule has 3 heterocycles. The van der Waals surface area contributed by atoms with Gasteiger partial charge >= 0.3 is 0 Å². The quantitative estimate of drug-likeness (QED) is 0.544. The van der Waals surface area contributed by atoms with Gasteiger partial charge in [0, 0.05) is 26.7 Å². The molecule has 0 radical (unpaired) electrons. The Morgan fingerprint density at radius 2 is 2.18 bits per heavy atom. The van der Waals surface area contributed by atoms with Crippen LogP contribution in [0.25, 0.3) is 0 Å². The zero-order valence-corrected chi connectivity index (χ0v) is 7.29. The molecule has 3 rings (SSSR count). The van der Waals surface area contributed by atoms with Gasteiger partial charge in [-0.05, 0) is 12.8 Å². The second-order valence-corrected chi connectivity index (χ2v) is 3.66.